The van der Waals surface area contributed by atoms with Crippen LogP contribution in [0.4, 0.5) is 0 Å². The first-order valence-corrected chi connectivity index (χ1v) is 12.3. The third kappa shape index (κ3) is 4.57. The third-order valence-electron chi connectivity index (χ3n) is 6.04. The Morgan fingerprint density at radius 2 is 1.77 bits per heavy atom. The molecule has 7 heteroatoms. The molecule has 1 saturated heterocycles. The van der Waals surface area contributed by atoms with Gasteiger partial charge in [0.25, 0.3) is 0 Å². The molecule has 6 nitrogen and oxygen atoms in total. The van der Waals surface area contributed by atoms with Gasteiger partial charge in [0.1, 0.15) is 11.5 Å². The van der Waals surface area contributed by atoms with Crippen LogP contribution in [0.15, 0.2) is 53.6 Å². The summed E-state index contributed by atoms with van der Waals surface area (Å²) < 4.78 is 38.8. The Bertz CT molecular complexity index is 1110. The van der Waals surface area contributed by atoms with E-state index in [0.717, 1.165) is 42.3 Å². The number of fused-ring (bicyclic) bond motifs is 1. The zero-order chi connectivity index (χ0) is 21.8. The summed E-state index contributed by atoms with van der Waals surface area (Å²) in [7, 11) is -1.83. The molecule has 1 fully saturated rings. The van der Waals surface area contributed by atoms with Crippen LogP contribution < -0.4 is 9.47 Å². The van der Waals surface area contributed by atoms with Gasteiger partial charge >= 0.3 is 0 Å². The molecule has 2 aromatic carbocycles. The molecule has 3 aromatic rings. The van der Waals surface area contributed by atoms with Gasteiger partial charge in [-0.15, -0.1) is 0 Å². The van der Waals surface area contributed by atoms with E-state index in [2.05, 4.69) is 24.2 Å². The highest BCUT2D eigenvalue weighted by Crippen LogP contribution is 2.36. The van der Waals surface area contributed by atoms with Crippen LogP contribution in [-0.4, -0.2) is 44.5 Å². The lowest BCUT2D eigenvalue weighted by molar-refractivity contribution is 0.309. The van der Waals surface area contributed by atoms with E-state index in [1.165, 1.54) is 5.56 Å². The summed E-state index contributed by atoms with van der Waals surface area (Å²) in [6, 6.07) is 12.8. The Morgan fingerprint density at radius 3 is 2.45 bits per heavy atom. The van der Waals surface area contributed by atoms with Crippen LogP contribution in [-0.2, 0) is 10.0 Å². The molecule has 0 aliphatic carbocycles. The summed E-state index contributed by atoms with van der Waals surface area (Å²) in [5, 5.41) is 1.15. The molecule has 0 bridgehead atoms. The van der Waals surface area contributed by atoms with E-state index in [4.69, 9.17) is 9.47 Å². The second-order valence-electron chi connectivity index (χ2n) is 8.01. The fourth-order valence-electron chi connectivity index (χ4n) is 4.18. The van der Waals surface area contributed by atoms with Gasteiger partial charge in [-0.25, -0.2) is 8.42 Å². The zero-order valence-electron chi connectivity index (χ0n) is 18.1. The number of hydrogen-bond donors (Lipinski definition) is 1. The number of nitrogens with zero attached hydrogens (tertiary/aromatic N) is 1. The smallest absolute Gasteiger partial charge is 0.243 e. The van der Waals surface area contributed by atoms with E-state index in [9.17, 15) is 8.42 Å². The predicted octanol–water partition coefficient (Wildman–Crippen LogP) is 4.92. The van der Waals surface area contributed by atoms with E-state index in [1.54, 1.807) is 35.7 Å². The van der Waals surface area contributed by atoms with Crippen molar-refractivity contribution in [1.29, 1.82) is 0 Å². The first-order valence-electron chi connectivity index (χ1n) is 10.9. The molecule has 2 heterocycles. The summed E-state index contributed by atoms with van der Waals surface area (Å²) >= 11 is 0. The van der Waals surface area contributed by atoms with Gasteiger partial charge < -0.3 is 14.5 Å². The average molecular weight is 443 g/mol. The molecule has 0 spiro atoms. The van der Waals surface area contributed by atoms with Crippen LogP contribution in [0.2, 0.25) is 0 Å². The number of benzene rings is 2. The third-order valence-corrected chi connectivity index (χ3v) is 7.96. The second kappa shape index (κ2) is 9.32. The van der Waals surface area contributed by atoms with Gasteiger partial charge in [0.15, 0.2) is 0 Å². The number of ether oxygens (including phenoxy) is 2. The molecule has 0 radical (unpaired) electrons. The Morgan fingerprint density at radius 1 is 1.06 bits per heavy atom. The van der Waals surface area contributed by atoms with Crippen molar-refractivity contribution in [2.24, 2.45) is 0 Å². The van der Waals surface area contributed by atoms with E-state index in [-0.39, 0.29) is 0 Å². The molecule has 1 N–H and O–H groups in total. The predicted molar refractivity (Wildman–Crippen MR) is 122 cm³/mol. The molecule has 0 atom stereocenters. The summed E-state index contributed by atoms with van der Waals surface area (Å²) in [5.41, 5.74) is 2.31. The quantitative estimate of drug-likeness (QED) is 0.503. The summed E-state index contributed by atoms with van der Waals surface area (Å²) in [5.74, 6) is 1.86. The molecule has 0 amide bonds. The van der Waals surface area contributed by atoms with Crippen molar-refractivity contribution in [3.8, 4) is 11.5 Å². The number of sulfonamides is 1. The maximum atomic E-state index is 13.1. The molecule has 0 saturated carbocycles. The number of aromatic nitrogens is 1. The summed E-state index contributed by atoms with van der Waals surface area (Å²) in [6.07, 6.45) is 5.69. The minimum absolute atomic E-state index is 0.321. The number of piperidine rings is 1. The van der Waals surface area contributed by atoms with Crippen molar-refractivity contribution in [3.63, 3.8) is 0 Å². The van der Waals surface area contributed by atoms with Crippen molar-refractivity contribution in [2.75, 3.05) is 26.8 Å². The molecule has 31 heavy (non-hydrogen) atoms. The number of nitrogens with one attached hydrogen (secondary N) is 1. The van der Waals surface area contributed by atoms with Gasteiger partial charge in [0.2, 0.25) is 10.0 Å². The van der Waals surface area contributed by atoms with Crippen molar-refractivity contribution in [2.45, 2.75) is 43.4 Å². The van der Waals surface area contributed by atoms with Gasteiger partial charge in [-0.1, -0.05) is 13.3 Å². The normalized spacial score (nSPS) is 15.9. The first kappa shape index (κ1) is 21.7. The van der Waals surface area contributed by atoms with Crippen LogP contribution >= 0.6 is 0 Å². The number of rotatable bonds is 8. The molecule has 4 rings (SSSR count). The molecular weight excluding hydrogens is 412 g/mol. The maximum absolute atomic E-state index is 13.1. The number of aromatic amines is 1. The maximum Gasteiger partial charge on any atom is 0.243 e. The molecular formula is C24H30N2O4S. The highest BCUT2D eigenvalue weighted by Gasteiger charge is 2.30. The number of unbranched alkanes of at least 4 members (excludes halogenated alkanes) is 1. The lowest BCUT2D eigenvalue weighted by Gasteiger charge is -2.31. The van der Waals surface area contributed by atoms with Crippen LogP contribution in [0.1, 0.15) is 44.1 Å². The SMILES string of the molecule is CCCCOc1ccc(S(=O)(=O)N2CCC(c3c[nH]c4ccc(OC)cc34)CC2)cc1. The fourth-order valence-corrected chi connectivity index (χ4v) is 5.65. The van der Waals surface area contributed by atoms with Gasteiger partial charge in [-0.2, -0.15) is 4.31 Å². The minimum Gasteiger partial charge on any atom is -0.497 e. The van der Waals surface area contributed by atoms with Crippen molar-refractivity contribution in [3.05, 3.63) is 54.2 Å². The number of hydrogen-bond acceptors (Lipinski definition) is 4. The van der Waals surface area contributed by atoms with Crippen LogP contribution in [0.5, 0.6) is 11.5 Å². The van der Waals surface area contributed by atoms with E-state index < -0.39 is 10.0 Å². The largest absolute Gasteiger partial charge is 0.497 e. The molecule has 1 aromatic heterocycles. The highest BCUT2D eigenvalue weighted by molar-refractivity contribution is 7.89. The highest BCUT2D eigenvalue weighted by atomic mass is 32.2. The van der Waals surface area contributed by atoms with Crippen molar-refractivity contribution in [1.82, 2.24) is 9.29 Å². The Kier molecular flexibility index (Phi) is 6.53. The second-order valence-corrected chi connectivity index (χ2v) is 9.95. The van der Waals surface area contributed by atoms with E-state index in [0.29, 0.717) is 36.3 Å². The van der Waals surface area contributed by atoms with Crippen LogP contribution in [0.25, 0.3) is 10.9 Å². The zero-order valence-corrected chi connectivity index (χ0v) is 19.0. The topological polar surface area (TPSA) is 71.6 Å². The van der Waals surface area contributed by atoms with E-state index >= 15 is 0 Å². The van der Waals surface area contributed by atoms with Gasteiger partial charge in [-0.3, -0.25) is 0 Å². The lowest BCUT2D eigenvalue weighted by Crippen LogP contribution is -2.37. The monoisotopic (exact) mass is 442 g/mol. The Labute approximate surface area is 184 Å². The van der Waals surface area contributed by atoms with Gasteiger partial charge in [0, 0.05) is 30.2 Å². The lowest BCUT2D eigenvalue weighted by atomic mass is 9.90. The average Bonchev–Trinajstić information content (AvgIpc) is 3.23. The number of H-pyrrole nitrogens is 1. The van der Waals surface area contributed by atoms with Crippen molar-refractivity contribution >= 4 is 20.9 Å². The van der Waals surface area contributed by atoms with Crippen LogP contribution in [0, 0.1) is 0 Å². The Balaban J connectivity index is 1.43. The standard InChI is InChI=1S/C24H30N2O4S/c1-3-4-15-30-19-5-8-21(9-6-19)31(27,28)26-13-11-18(12-14-26)23-17-25-24-10-7-20(29-2)16-22(23)24/h5-10,16-18,25H,3-4,11-15H2,1-2H3. The summed E-state index contributed by atoms with van der Waals surface area (Å²) in [6.45, 7) is 3.78. The van der Waals surface area contributed by atoms with Crippen LogP contribution in [0.3, 0.4) is 0 Å². The molecule has 1 aliphatic heterocycles. The van der Waals surface area contributed by atoms with E-state index in [1.807, 2.05) is 12.1 Å². The molecule has 166 valence electrons. The minimum atomic E-state index is -3.50. The fraction of sp³-hybridized carbons (Fsp3) is 0.417. The Hall–Kier alpha value is -2.51. The summed E-state index contributed by atoms with van der Waals surface area (Å²) in [4.78, 5) is 3.65. The van der Waals surface area contributed by atoms with Crippen molar-refractivity contribution < 1.29 is 17.9 Å². The molecule has 1 aliphatic rings. The first-order chi connectivity index (χ1) is 15.0. The molecule has 0 unspecified atom stereocenters. The van der Waals surface area contributed by atoms with Gasteiger partial charge in [0.05, 0.1) is 18.6 Å². The van der Waals surface area contributed by atoms with Gasteiger partial charge in [-0.05, 0) is 73.2 Å². The number of methoxy groups -OCH3 is 1.